The van der Waals surface area contributed by atoms with Gasteiger partial charge in [0.15, 0.2) is 5.82 Å². The third-order valence-corrected chi connectivity index (χ3v) is 7.79. The molecule has 0 saturated heterocycles. The number of benzene rings is 2. The summed E-state index contributed by atoms with van der Waals surface area (Å²) >= 11 is 13.4. The molecule has 0 saturated carbocycles. The Balaban J connectivity index is 1.37. The van der Waals surface area contributed by atoms with Crippen molar-refractivity contribution in [3.63, 3.8) is 0 Å². The Morgan fingerprint density at radius 1 is 0.917 bits per heavy atom. The first kappa shape index (κ1) is 24.8. The predicted molar refractivity (Wildman–Crippen MR) is 148 cm³/mol. The zero-order valence-electron chi connectivity index (χ0n) is 19.6. The van der Waals surface area contributed by atoms with Gasteiger partial charge in [0.05, 0.1) is 22.0 Å². The number of unbranched alkanes of at least 4 members (excludes halogenated alkanes) is 2. The Labute approximate surface area is 223 Å². The van der Waals surface area contributed by atoms with Gasteiger partial charge in [0.25, 0.3) is 0 Å². The zero-order chi connectivity index (χ0) is 25.1. The van der Waals surface area contributed by atoms with Crippen LogP contribution in [-0.4, -0.2) is 33.1 Å². The summed E-state index contributed by atoms with van der Waals surface area (Å²) in [6.45, 7) is 1.83. The van der Waals surface area contributed by atoms with Crippen LogP contribution < -0.4 is 9.77 Å². The summed E-state index contributed by atoms with van der Waals surface area (Å²) in [6, 6.07) is 15.4. The number of hydrogen-bond acceptors (Lipinski definition) is 6. The second kappa shape index (κ2) is 11.0. The van der Waals surface area contributed by atoms with Crippen molar-refractivity contribution in [2.24, 2.45) is 0 Å². The standard InChI is InChI=1S/C27H26Cl2N4O2S/c28-19-11-7-17(8-12-19)23-24(18-9-13-20(29)14-10-18)31-25-21(30-23)5-4-16-33(25)15-3-1-2-6-22-26(34)32-27(35)36-22/h7-14,34H,1-6,15-16H2,(H,32,35). The van der Waals surface area contributed by atoms with Gasteiger partial charge in [-0.1, -0.05) is 65.2 Å². The fourth-order valence-corrected chi connectivity index (χ4v) is 5.57. The van der Waals surface area contributed by atoms with E-state index in [0.717, 1.165) is 95.4 Å². The highest BCUT2D eigenvalue weighted by atomic mass is 35.5. The Morgan fingerprint density at radius 3 is 2.17 bits per heavy atom. The number of aromatic amines is 1. The van der Waals surface area contributed by atoms with E-state index < -0.39 is 0 Å². The second-order valence-electron chi connectivity index (χ2n) is 8.89. The summed E-state index contributed by atoms with van der Waals surface area (Å²) in [4.78, 5) is 27.0. The van der Waals surface area contributed by atoms with Crippen molar-refractivity contribution >= 4 is 40.4 Å². The highest BCUT2D eigenvalue weighted by Crippen LogP contribution is 2.35. The monoisotopic (exact) mass is 540 g/mol. The molecule has 6 nitrogen and oxygen atoms in total. The third-order valence-electron chi connectivity index (χ3n) is 6.36. The van der Waals surface area contributed by atoms with E-state index in [-0.39, 0.29) is 10.8 Å². The normalized spacial score (nSPS) is 13.1. The molecule has 5 rings (SSSR count). The minimum atomic E-state index is -0.208. The predicted octanol–water partition coefficient (Wildman–Crippen LogP) is 6.74. The molecule has 0 amide bonds. The maximum Gasteiger partial charge on any atom is 0.307 e. The molecule has 3 heterocycles. The molecule has 0 bridgehead atoms. The van der Waals surface area contributed by atoms with Gasteiger partial charge in [-0.25, -0.2) is 9.97 Å². The minimum absolute atomic E-state index is 0.0106. The number of thiazole rings is 1. The highest BCUT2D eigenvalue weighted by molar-refractivity contribution is 7.09. The number of anilines is 1. The van der Waals surface area contributed by atoms with Crippen LogP contribution in [0.5, 0.6) is 5.88 Å². The van der Waals surface area contributed by atoms with Crippen LogP contribution in [0.1, 0.15) is 36.3 Å². The summed E-state index contributed by atoms with van der Waals surface area (Å²) in [5, 5.41) is 11.1. The van der Waals surface area contributed by atoms with Crippen molar-refractivity contribution in [1.29, 1.82) is 0 Å². The maximum absolute atomic E-state index is 11.4. The molecular weight excluding hydrogens is 515 g/mol. The lowest BCUT2D eigenvalue weighted by molar-refractivity contribution is 0.448. The summed E-state index contributed by atoms with van der Waals surface area (Å²) in [6.07, 6.45) is 5.55. The van der Waals surface area contributed by atoms with Crippen molar-refractivity contribution in [1.82, 2.24) is 15.0 Å². The number of halogens is 2. The number of hydrogen-bond donors (Lipinski definition) is 2. The fourth-order valence-electron chi connectivity index (χ4n) is 4.55. The molecule has 0 spiro atoms. The number of rotatable bonds is 8. The van der Waals surface area contributed by atoms with Crippen molar-refractivity contribution in [2.75, 3.05) is 18.0 Å². The summed E-state index contributed by atoms with van der Waals surface area (Å²) < 4.78 is 0. The van der Waals surface area contributed by atoms with Crippen LogP contribution in [0.15, 0.2) is 53.3 Å². The Bertz CT molecular complexity index is 1400. The smallest absolute Gasteiger partial charge is 0.307 e. The van der Waals surface area contributed by atoms with E-state index in [0.29, 0.717) is 16.5 Å². The van der Waals surface area contributed by atoms with E-state index in [2.05, 4.69) is 9.88 Å². The van der Waals surface area contributed by atoms with Crippen LogP contribution in [0.3, 0.4) is 0 Å². The van der Waals surface area contributed by atoms with Gasteiger partial charge in [0.2, 0.25) is 5.88 Å². The van der Waals surface area contributed by atoms with E-state index in [4.69, 9.17) is 33.2 Å². The number of H-pyrrole nitrogens is 1. The van der Waals surface area contributed by atoms with Gasteiger partial charge in [-0.15, -0.1) is 0 Å². The molecule has 0 unspecified atom stereocenters. The molecule has 1 aliphatic rings. The molecule has 186 valence electrons. The zero-order valence-corrected chi connectivity index (χ0v) is 22.0. The molecule has 2 aromatic heterocycles. The fraction of sp³-hybridized carbons (Fsp3) is 0.296. The Hall–Kier alpha value is -2.87. The first-order chi connectivity index (χ1) is 17.5. The molecule has 0 radical (unpaired) electrons. The molecule has 0 fully saturated rings. The first-order valence-corrected chi connectivity index (χ1v) is 13.6. The van der Waals surface area contributed by atoms with Crippen molar-refractivity contribution in [3.8, 4) is 28.4 Å². The van der Waals surface area contributed by atoms with Crippen LogP contribution in [-0.2, 0) is 12.8 Å². The van der Waals surface area contributed by atoms with Crippen molar-refractivity contribution in [2.45, 2.75) is 38.5 Å². The second-order valence-corrected chi connectivity index (χ2v) is 10.8. The van der Waals surface area contributed by atoms with Gasteiger partial charge in [-0.05, 0) is 56.4 Å². The molecule has 0 aliphatic carbocycles. The Kier molecular flexibility index (Phi) is 7.60. The van der Waals surface area contributed by atoms with E-state index in [1.165, 1.54) is 0 Å². The number of aromatic nitrogens is 3. The lowest BCUT2D eigenvalue weighted by Crippen LogP contribution is -2.32. The van der Waals surface area contributed by atoms with Crippen LogP contribution in [0.4, 0.5) is 5.82 Å². The quantitative estimate of drug-likeness (QED) is 0.242. The van der Waals surface area contributed by atoms with Gasteiger partial charge >= 0.3 is 4.87 Å². The topological polar surface area (TPSA) is 82.1 Å². The SMILES string of the molecule is O=c1[nH]c(O)c(CCCCCN2CCCc3nc(-c4ccc(Cl)cc4)c(-c4ccc(Cl)cc4)nc32)s1. The molecule has 1 aliphatic heterocycles. The Morgan fingerprint density at radius 2 is 1.56 bits per heavy atom. The number of fused-ring (bicyclic) bond motifs is 1. The number of aromatic hydroxyl groups is 1. The molecular formula is C27H26Cl2N4O2S. The van der Waals surface area contributed by atoms with Crippen molar-refractivity contribution in [3.05, 3.63) is 78.8 Å². The van der Waals surface area contributed by atoms with Gasteiger partial charge in [-0.2, -0.15) is 0 Å². The summed E-state index contributed by atoms with van der Waals surface area (Å²) in [7, 11) is 0. The van der Waals surface area contributed by atoms with E-state index >= 15 is 0 Å². The van der Waals surface area contributed by atoms with E-state index in [1.54, 1.807) is 0 Å². The van der Waals surface area contributed by atoms with Gasteiger partial charge in [0, 0.05) is 34.3 Å². The van der Waals surface area contributed by atoms with Crippen LogP contribution in [0.2, 0.25) is 10.0 Å². The average molecular weight is 542 g/mol. The summed E-state index contributed by atoms with van der Waals surface area (Å²) in [5.74, 6) is 0.960. The largest absolute Gasteiger partial charge is 0.494 e. The van der Waals surface area contributed by atoms with Gasteiger partial charge in [-0.3, -0.25) is 9.78 Å². The molecule has 2 aromatic carbocycles. The van der Waals surface area contributed by atoms with E-state index in [1.807, 2.05) is 48.5 Å². The van der Waals surface area contributed by atoms with Gasteiger partial charge in [0.1, 0.15) is 0 Å². The molecule has 9 heteroatoms. The van der Waals surface area contributed by atoms with Crippen LogP contribution >= 0.6 is 34.5 Å². The number of nitrogens with zero attached hydrogens (tertiary/aromatic N) is 3. The molecule has 36 heavy (non-hydrogen) atoms. The average Bonchev–Trinajstić information content (AvgIpc) is 3.20. The number of aryl methyl sites for hydroxylation is 2. The third kappa shape index (κ3) is 5.59. The first-order valence-electron chi connectivity index (χ1n) is 12.1. The lowest BCUT2D eigenvalue weighted by Gasteiger charge is -2.30. The summed E-state index contributed by atoms with van der Waals surface area (Å²) in [5.41, 5.74) is 4.64. The van der Waals surface area contributed by atoms with Gasteiger partial charge < -0.3 is 10.0 Å². The van der Waals surface area contributed by atoms with E-state index in [9.17, 15) is 9.90 Å². The minimum Gasteiger partial charge on any atom is -0.494 e. The lowest BCUT2D eigenvalue weighted by atomic mass is 10.0. The molecule has 0 atom stereocenters. The highest BCUT2D eigenvalue weighted by Gasteiger charge is 2.23. The maximum atomic E-state index is 11.4. The molecule has 4 aromatic rings. The van der Waals surface area contributed by atoms with Crippen LogP contribution in [0, 0.1) is 0 Å². The van der Waals surface area contributed by atoms with Crippen molar-refractivity contribution < 1.29 is 5.11 Å². The molecule has 2 N–H and O–H groups in total. The van der Waals surface area contributed by atoms with Crippen LogP contribution in [0.25, 0.3) is 22.5 Å². The number of nitrogens with one attached hydrogen (secondary N) is 1.